The quantitative estimate of drug-likeness (QED) is 0.770. The fourth-order valence-corrected chi connectivity index (χ4v) is 1.69. The lowest BCUT2D eigenvalue weighted by Crippen LogP contribution is -2.21. The van der Waals surface area contributed by atoms with Crippen LogP contribution in [-0.4, -0.2) is 37.2 Å². The molecular formula is C13H24N4O. The Morgan fingerprint density at radius 1 is 1.28 bits per heavy atom. The molecule has 1 heterocycles. The molecule has 1 aromatic heterocycles. The number of aromatic nitrogens is 2. The normalized spacial score (nSPS) is 10.2. The van der Waals surface area contributed by atoms with Gasteiger partial charge in [-0.25, -0.2) is 9.97 Å². The topological polar surface area (TPSA) is 50.3 Å². The largest absolute Gasteiger partial charge is 0.490 e. The first kappa shape index (κ1) is 14.5. The predicted molar refractivity (Wildman–Crippen MR) is 75.5 cm³/mol. The average molecular weight is 252 g/mol. The Kier molecular flexibility index (Phi) is 6.25. The van der Waals surface area contributed by atoms with Gasteiger partial charge in [-0.2, -0.15) is 0 Å². The van der Waals surface area contributed by atoms with E-state index in [1.807, 2.05) is 7.05 Å². The van der Waals surface area contributed by atoms with Crippen LogP contribution in [0.5, 0.6) is 5.75 Å². The van der Waals surface area contributed by atoms with Gasteiger partial charge in [0.15, 0.2) is 11.6 Å². The minimum absolute atomic E-state index is 0.726. The monoisotopic (exact) mass is 252 g/mol. The van der Waals surface area contributed by atoms with E-state index in [9.17, 15) is 0 Å². The van der Waals surface area contributed by atoms with E-state index in [2.05, 4.69) is 34.0 Å². The van der Waals surface area contributed by atoms with Crippen LogP contribution in [0.1, 0.15) is 33.1 Å². The van der Waals surface area contributed by atoms with Gasteiger partial charge in [-0.05, 0) is 12.8 Å². The summed E-state index contributed by atoms with van der Waals surface area (Å²) in [5, 5.41) is 3.26. The van der Waals surface area contributed by atoms with Gasteiger partial charge in [-0.3, -0.25) is 0 Å². The second-order valence-electron chi connectivity index (χ2n) is 4.28. The predicted octanol–water partition coefficient (Wildman–Crippen LogP) is 2.54. The fourth-order valence-electron chi connectivity index (χ4n) is 1.69. The molecule has 1 aromatic rings. The summed E-state index contributed by atoms with van der Waals surface area (Å²) in [6.45, 7) is 6.15. The maximum atomic E-state index is 5.45. The maximum Gasteiger partial charge on any atom is 0.204 e. The van der Waals surface area contributed by atoms with Gasteiger partial charge >= 0.3 is 0 Å². The summed E-state index contributed by atoms with van der Waals surface area (Å²) in [6.07, 6.45) is 4.94. The van der Waals surface area contributed by atoms with Crippen LogP contribution < -0.4 is 15.0 Å². The van der Waals surface area contributed by atoms with Crippen molar-refractivity contribution >= 4 is 11.6 Å². The molecule has 0 bridgehead atoms. The third-order valence-electron chi connectivity index (χ3n) is 2.74. The Morgan fingerprint density at radius 2 is 2.06 bits per heavy atom. The number of rotatable bonds is 8. The maximum absolute atomic E-state index is 5.45. The fraction of sp³-hybridized carbons (Fsp3) is 0.692. The van der Waals surface area contributed by atoms with Gasteiger partial charge in [0.2, 0.25) is 5.75 Å². The third kappa shape index (κ3) is 3.75. The molecule has 0 amide bonds. The van der Waals surface area contributed by atoms with E-state index >= 15 is 0 Å². The van der Waals surface area contributed by atoms with E-state index in [0.29, 0.717) is 0 Å². The van der Waals surface area contributed by atoms with Crippen molar-refractivity contribution in [1.82, 2.24) is 9.97 Å². The molecule has 102 valence electrons. The molecule has 5 heteroatoms. The van der Waals surface area contributed by atoms with E-state index < -0.39 is 0 Å². The van der Waals surface area contributed by atoms with Crippen molar-refractivity contribution in [3.63, 3.8) is 0 Å². The molecule has 0 saturated heterocycles. The summed E-state index contributed by atoms with van der Waals surface area (Å²) in [5.41, 5.74) is 0. The molecule has 0 unspecified atom stereocenters. The van der Waals surface area contributed by atoms with Gasteiger partial charge in [0.25, 0.3) is 0 Å². The number of nitrogens with zero attached hydrogens (tertiary/aromatic N) is 3. The Morgan fingerprint density at radius 3 is 2.67 bits per heavy atom. The number of nitrogens with one attached hydrogen (secondary N) is 1. The Balaban J connectivity index is 2.89. The second kappa shape index (κ2) is 7.74. The first-order valence-corrected chi connectivity index (χ1v) is 6.58. The van der Waals surface area contributed by atoms with Crippen LogP contribution in [-0.2, 0) is 0 Å². The van der Waals surface area contributed by atoms with Gasteiger partial charge in [-0.1, -0.05) is 20.3 Å². The lowest BCUT2D eigenvalue weighted by Gasteiger charge is -2.21. The lowest BCUT2D eigenvalue weighted by atomic mass is 10.3. The minimum Gasteiger partial charge on any atom is -0.490 e. The molecule has 5 nitrogen and oxygen atoms in total. The van der Waals surface area contributed by atoms with Crippen LogP contribution in [0.25, 0.3) is 0 Å². The van der Waals surface area contributed by atoms with E-state index in [-0.39, 0.29) is 0 Å². The zero-order chi connectivity index (χ0) is 13.4. The summed E-state index contributed by atoms with van der Waals surface area (Å²) < 4.78 is 5.45. The van der Waals surface area contributed by atoms with Crippen LogP contribution in [0.3, 0.4) is 0 Å². The van der Waals surface area contributed by atoms with Crippen molar-refractivity contribution in [2.45, 2.75) is 33.1 Å². The number of hydrogen-bond donors (Lipinski definition) is 1. The highest BCUT2D eigenvalue weighted by Crippen LogP contribution is 2.31. The summed E-state index contributed by atoms with van der Waals surface area (Å²) >= 11 is 0. The van der Waals surface area contributed by atoms with Crippen molar-refractivity contribution in [2.24, 2.45) is 0 Å². The highest BCUT2D eigenvalue weighted by Gasteiger charge is 2.14. The van der Waals surface area contributed by atoms with E-state index in [1.165, 1.54) is 6.42 Å². The Bertz CT molecular complexity index is 357. The van der Waals surface area contributed by atoms with Crippen molar-refractivity contribution in [3.05, 3.63) is 6.33 Å². The number of ether oxygens (including phenoxy) is 1. The molecule has 0 atom stereocenters. The van der Waals surface area contributed by atoms with Gasteiger partial charge < -0.3 is 15.0 Å². The van der Waals surface area contributed by atoms with Crippen molar-refractivity contribution in [2.75, 3.05) is 37.5 Å². The summed E-state index contributed by atoms with van der Waals surface area (Å²) in [4.78, 5) is 10.7. The molecule has 1 rings (SSSR count). The van der Waals surface area contributed by atoms with Crippen molar-refractivity contribution < 1.29 is 4.74 Å². The van der Waals surface area contributed by atoms with E-state index in [0.717, 1.165) is 43.3 Å². The van der Waals surface area contributed by atoms with Crippen LogP contribution in [0.2, 0.25) is 0 Å². The van der Waals surface area contributed by atoms with Gasteiger partial charge in [0, 0.05) is 20.1 Å². The molecule has 0 aliphatic carbocycles. The Labute approximate surface area is 110 Å². The average Bonchev–Trinajstić information content (AvgIpc) is 2.41. The first-order chi connectivity index (χ1) is 8.74. The number of methoxy groups -OCH3 is 1. The highest BCUT2D eigenvalue weighted by atomic mass is 16.5. The van der Waals surface area contributed by atoms with Crippen LogP contribution in [0.4, 0.5) is 11.6 Å². The zero-order valence-electron chi connectivity index (χ0n) is 11.9. The molecule has 0 aromatic carbocycles. The minimum atomic E-state index is 0.726. The van der Waals surface area contributed by atoms with Crippen LogP contribution >= 0.6 is 0 Å². The van der Waals surface area contributed by atoms with Crippen LogP contribution in [0, 0.1) is 0 Å². The molecule has 0 saturated carbocycles. The van der Waals surface area contributed by atoms with E-state index in [4.69, 9.17) is 4.74 Å². The number of unbranched alkanes of at least 4 members (excludes halogenated alkanes) is 1. The number of anilines is 2. The summed E-state index contributed by atoms with van der Waals surface area (Å²) in [7, 11) is 3.69. The van der Waals surface area contributed by atoms with Gasteiger partial charge in [0.1, 0.15) is 6.33 Å². The number of hydrogen-bond acceptors (Lipinski definition) is 5. The second-order valence-corrected chi connectivity index (χ2v) is 4.28. The molecule has 0 spiro atoms. The molecular weight excluding hydrogens is 228 g/mol. The summed E-state index contributed by atoms with van der Waals surface area (Å²) in [5.74, 6) is 2.34. The molecule has 1 N–H and O–H groups in total. The van der Waals surface area contributed by atoms with Crippen molar-refractivity contribution in [1.29, 1.82) is 0 Å². The van der Waals surface area contributed by atoms with Crippen molar-refractivity contribution in [3.8, 4) is 5.75 Å². The molecule has 0 aliphatic heterocycles. The smallest absolute Gasteiger partial charge is 0.204 e. The molecule has 0 radical (unpaired) electrons. The zero-order valence-corrected chi connectivity index (χ0v) is 11.9. The SMILES string of the molecule is CCCCN(C)c1ncnc(NCCC)c1OC. The lowest BCUT2D eigenvalue weighted by molar-refractivity contribution is 0.412. The van der Waals surface area contributed by atoms with Gasteiger partial charge in [-0.15, -0.1) is 0 Å². The standard InChI is InChI=1S/C13H24N4O/c1-5-7-9-17(3)13-11(18-4)12(14-8-6-2)15-10-16-13/h10H,5-9H2,1-4H3,(H,14,15,16). The van der Waals surface area contributed by atoms with E-state index in [1.54, 1.807) is 13.4 Å². The Hall–Kier alpha value is -1.52. The van der Waals surface area contributed by atoms with Gasteiger partial charge in [0.05, 0.1) is 7.11 Å². The first-order valence-electron chi connectivity index (χ1n) is 6.58. The summed E-state index contributed by atoms with van der Waals surface area (Å²) in [6, 6.07) is 0. The molecule has 18 heavy (non-hydrogen) atoms. The van der Waals surface area contributed by atoms with Crippen LogP contribution in [0.15, 0.2) is 6.33 Å². The molecule has 0 aliphatic rings. The highest BCUT2D eigenvalue weighted by molar-refractivity contribution is 5.64. The third-order valence-corrected chi connectivity index (χ3v) is 2.74. The molecule has 0 fully saturated rings.